The number of nitrogens with two attached hydrogens (primary N) is 1. The number of thioether (sulfide) groups is 1. The van der Waals surface area contributed by atoms with Crippen LogP contribution in [0.2, 0.25) is 0 Å². The second kappa shape index (κ2) is 10.2. The highest BCUT2D eigenvalue weighted by atomic mass is 32.2. The first-order valence-electron chi connectivity index (χ1n) is 9.95. The minimum Gasteiger partial charge on any atom is -0.377 e. The summed E-state index contributed by atoms with van der Waals surface area (Å²) in [6.45, 7) is 2.92. The molecule has 0 radical (unpaired) electrons. The lowest BCUT2D eigenvalue weighted by Gasteiger charge is -2.09. The summed E-state index contributed by atoms with van der Waals surface area (Å²) in [4.78, 5) is 6.84. The molecular formula is C22H24N6OS. The topological polar surface area (TPSA) is 92.9 Å². The van der Waals surface area contributed by atoms with E-state index in [2.05, 4.69) is 37.4 Å². The molecule has 7 nitrogen and oxygen atoms in total. The van der Waals surface area contributed by atoms with Crippen molar-refractivity contribution in [1.82, 2.24) is 15.0 Å². The monoisotopic (exact) mass is 420 g/mol. The largest absolute Gasteiger partial charge is 0.377 e. The summed E-state index contributed by atoms with van der Waals surface area (Å²) in [5.74, 6) is 2.04. The van der Waals surface area contributed by atoms with E-state index in [1.54, 1.807) is 6.21 Å². The molecule has 0 bridgehead atoms. The van der Waals surface area contributed by atoms with Gasteiger partial charge in [-0.05, 0) is 37.1 Å². The minimum absolute atomic E-state index is 0.434. The van der Waals surface area contributed by atoms with E-state index in [4.69, 9.17) is 10.3 Å². The van der Waals surface area contributed by atoms with Crippen LogP contribution in [-0.4, -0.2) is 39.5 Å². The molecule has 1 fully saturated rings. The number of benzene rings is 2. The Morgan fingerprint density at radius 1 is 1.10 bits per heavy atom. The molecule has 4 rings (SSSR count). The van der Waals surface area contributed by atoms with Crippen LogP contribution in [0, 0.1) is 0 Å². The molecule has 2 aromatic carbocycles. The molecular weight excluding hydrogens is 396 g/mol. The van der Waals surface area contributed by atoms with E-state index in [1.165, 1.54) is 30.2 Å². The predicted octanol–water partition coefficient (Wildman–Crippen LogP) is 3.91. The Kier molecular flexibility index (Phi) is 6.89. The van der Waals surface area contributed by atoms with Gasteiger partial charge >= 0.3 is 0 Å². The van der Waals surface area contributed by atoms with E-state index in [-0.39, 0.29) is 0 Å². The lowest BCUT2D eigenvalue weighted by molar-refractivity contribution is 0.268. The maximum absolute atomic E-state index is 5.92. The van der Waals surface area contributed by atoms with Gasteiger partial charge in [0.25, 0.3) is 0 Å². The van der Waals surface area contributed by atoms with Gasteiger partial charge in [-0.2, -0.15) is 10.1 Å². The Bertz CT molecular complexity index is 994. The van der Waals surface area contributed by atoms with Gasteiger partial charge in [-0.3, -0.25) is 4.90 Å². The maximum atomic E-state index is 5.92. The fourth-order valence-electron chi connectivity index (χ4n) is 3.20. The molecule has 0 saturated carbocycles. The van der Waals surface area contributed by atoms with Crippen LogP contribution in [0.1, 0.15) is 29.9 Å². The number of likely N-dealkylation sites (tertiary alicyclic amines) is 1. The summed E-state index contributed by atoms with van der Waals surface area (Å²) >= 11 is 1.46. The van der Waals surface area contributed by atoms with Crippen LogP contribution in [0.5, 0.6) is 0 Å². The van der Waals surface area contributed by atoms with Gasteiger partial charge in [-0.25, -0.2) is 0 Å². The van der Waals surface area contributed by atoms with Crippen molar-refractivity contribution in [3.63, 3.8) is 0 Å². The molecule has 0 aliphatic carbocycles. The van der Waals surface area contributed by atoms with Crippen molar-refractivity contribution in [1.29, 1.82) is 0 Å². The standard InChI is InChI=1S/C22H24N6OS/c23-22(30-16-18-6-2-1-3-7-18)26-24-14-17-8-10-19(11-9-17)21-25-20(29-27-21)15-28-12-4-5-13-28/h1-3,6-11,14H,4-5,12-13,15-16H2,(H2,23,26). The van der Waals surface area contributed by atoms with Crippen LogP contribution in [0.3, 0.4) is 0 Å². The smallest absolute Gasteiger partial charge is 0.241 e. The Morgan fingerprint density at radius 3 is 2.63 bits per heavy atom. The Balaban J connectivity index is 1.30. The average Bonchev–Trinajstić information content (AvgIpc) is 3.46. The SMILES string of the molecule is NC(=NN=Cc1ccc(-c2noc(CN3CCCC3)n2)cc1)SCc1ccccc1. The highest BCUT2D eigenvalue weighted by molar-refractivity contribution is 8.13. The maximum Gasteiger partial charge on any atom is 0.241 e. The van der Waals surface area contributed by atoms with E-state index >= 15 is 0 Å². The molecule has 0 amide bonds. The number of hydrogen-bond donors (Lipinski definition) is 1. The van der Waals surface area contributed by atoms with E-state index in [0.717, 1.165) is 36.5 Å². The van der Waals surface area contributed by atoms with E-state index < -0.39 is 0 Å². The van der Waals surface area contributed by atoms with E-state index in [1.807, 2.05) is 42.5 Å². The molecule has 8 heteroatoms. The second-order valence-electron chi connectivity index (χ2n) is 7.07. The van der Waals surface area contributed by atoms with Crippen molar-refractivity contribution in [2.75, 3.05) is 13.1 Å². The quantitative estimate of drug-likeness (QED) is 0.354. The Morgan fingerprint density at radius 2 is 1.87 bits per heavy atom. The Labute approximate surface area is 180 Å². The van der Waals surface area contributed by atoms with Crippen LogP contribution in [-0.2, 0) is 12.3 Å². The van der Waals surface area contributed by atoms with Gasteiger partial charge in [0.05, 0.1) is 12.8 Å². The van der Waals surface area contributed by atoms with Crippen molar-refractivity contribution < 1.29 is 4.52 Å². The second-order valence-corrected chi connectivity index (χ2v) is 8.07. The lowest BCUT2D eigenvalue weighted by Crippen LogP contribution is -2.18. The number of aromatic nitrogens is 2. The van der Waals surface area contributed by atoms with Gasteiger partial charge in [-0.15, -0.1) is 5.10 Å². The van der Waals surface area contributed by atoms with Crippen molar-refractivity contribution in [3.8, 4) is 11.4 Å². The van der Waals surface area contributed by atoms with E-state index in [9.17, 15) is 0 Å². The minimum atomic E-state index is 0.434. The first kappa shape index (κ1) is 20.3. The van der Waals surface area contributed by atoms with Crippen LogP contribution in [0.15, 0.2) is 69.3 Å². The van der Waals surface area contributed by atoms with Gasteiger partial charge in [0.15, 0.2) is 5.17 Å². The van der Waals surface area contributed by atoms with Gasteiger partial charge in [0.2, 0.25) is 11.7 Å². The van der Waals surface area contributed by atoms with Gasteiger partial charge in [0, 0.05) is 11.3 Å². The molecule has 3 aromatic rings. The summed E-state index contributed by atoms with van der Waals surface area (Å²) in [5.41, 5.74) is 8.94. The number of nitrogens with zero attached hydrogens (tertiary/aromatic N) is 5. The first-order chi connectivity index (χ1) is 14.8. The molecule has 154 valence electrons. The Hall–Kier alpha value is -2.97. The molecule has 0 unspecified atom stereocenters. The molecule has 2 heterocycles. The van der Waals surface area contributed by atoms with Crippen molar-refractivity contribution >= 4 is 23.1 Å². The molecule has 1 aromatic heterocycles. The fourth-order valence-corrected chi connectivity index (χ4v) is 3.81. The lowest BCUT2D eigenvalue weighted by atomic mass is 10.1. The van der Waals surface area contributed by atoms with Crippen molar-refractivity contribution in [2.24, 2.45) is 15.9 Å². The molecule has 1 aliphatic heterocycles. The number of amidine groups is 1. The number of hydrogen-bond acceptors (Lipinski definition) is 7. The third kappa shape index (κ3) is 5.77. The normalized spacial score (nSPS) is 15.3. The van der Waals surface area contributed by atoms with Gasteiger partial charge in [0.1, 0.15) is 0 Å². The highest BCUT2D eigenvalue weighted by Crippen LogP contribution is 2.18. The first-order valence-corrected chi connectivity index (χ1v) is 10.9. The average molecular weight is 421 g/mol. The van der Waals surface area contributed by atoms with Crippen molar-refractivity contribution in [3.05, 3.63) is 71.6 Å². The summed E-state index contributed by atoms with van der Waals surface area (Å²) in [6.07, 6.45) is 4.16. The molecule has 30 heavy (non-hydrogen) atoms. The van der Waals surface area contributed by atoms with Gasteiger partial charge < -0.3 is 10.3 Å². The van der Waals surface area contributed by atoms with Crippen molar-refractivity contribution in [2.45, 2.75) is 25.1 Å². The summed E-state index contributed by atoms with van der Waals surface area (Å²) in [5, 5.41) is 12.7. The zero-order valence-electron chi connectivity index (χ0n) is 16.6. The zero-order valence-corrected chi connectivity index (χ0v) is 17.5. The summed E-state index contributed by atoms with van der Waals surface area (Å²) < 4.78 is 5.39. The summed E-state index contributed by atoms with van der Waals surface area (Å²) in [7, 11) is 0. The molecule has 1 aliphatic rings. The van der Waals surface area contributed by atoms with Crippen LogP contribution < -0.4 is 5.73 Å². The van der Waals surface area contributed by atoms with Crippen LogP contribution >= 0.6 is 11.8 Å². The summed E-state index contributed by atoms with van der Waals surface area (Å²) in [6, 6.07) is 17.9. The van der Waals surface area contributed by atoms with Crippen LogP contribution in [0.25, 0.3) is 11.4 Å². The highest BCUT2D eigenvalue weighted by Gasteiger charge is 2.16. The van der Waals surface area contributed by atoms with Crippen LogP contribution in [0.4, 0.5) is 0 Å². The fraction of sp³-hybridized carbons (Fsp3) is 0.273. The van der Waals surface area contributed by atoms with Gasteiger partial charge in [-0.1, -0.05) is 71.5 Å². The molecule has 2 N–H and O–H groups in total. The predicted molar refractivity (Wildman–Crippen MR) is 121 cm³/mol. The molecule has 0 atom stereocenters. The zero-order chi connectivity index (χ0) is 20.6. The molecule has 1 saturated heterocycles. The van der Waals surface area contributed by atoms with E-state index in [0.29, 0.717) is 16.9 Å². The third-order valence-electron chi connectivity index (χ3n) is 4.79. The molecule has 0 spiro atoms. The number of rotatable bonds is 7. The third-order valence-corrected chi connectivity index (χ3v) is 5.64.